The number of methoxy groups -OCH3 is 2. The molecule has 0 aliphatic rings. The molecule has 0 amide bonds. The van der Waals surface area contributed by atoms with Crippen LogP contribution in [0.2, 0.25) is 0 Å². The number of hydrogen-bond acceptors (Lipinski definition) is 4. The monoisotopic (exact) mass is 130 g/mol. The average Bonchev–Trinajstić information content (AvgIpc) is 1.89. The van der Waals surface area contributed by atoms with E-state index in [9.17, 15) is 0 Å². The van der Waals surface area contributed by atoms with Gasteiger partial charge in [-0.1, -0.05) is 0 Å². The van der Waals surface area contributed by atoms with Crippen LogP contribution >= 0.6 is 0 Å². The van der Waals surface area contributed by atoms with Gasteiger partial charge >= 0.3 is 0 Å². The maximum absolute atomic E-state index is 4.59. The standard InChI is InChI=1S/C5H10N2O2/c1-8-4-6-3-7-5-9-2/h4-5H2,1-2H3. The van der Waals surface area contributed by atoms with Crippen molar-refractivity contribution in [3.8, 4) is 0 Å². The molecule has 0 aromatic heterocycles. The van der Waals surface area contributed by atoms with Crippen molar-refractivity contribution >= 4 is 6.01 Å². The number of nitrogens with zero attached hydrogens (tertiary/aromatic N) is 2. The zero-order valence-electron chi connectivity index (χ0n) is 5.63. The van der Waals surface area contributed by atoms with Gasteiger partial charge in [-0.3, -0.25) is 0 Å². The molecule has 0 unspecified atom stereocenters. The summed E-state index contributed by atoms with van der Waals surface area (Å²) in [5, 5.41) is 0. The Morgan fingerprint density at radius 1 is 1.11 bits per heavy atom. The summed E-state index contributed by atoms with van der Waals surface area (Å²) >= 11 is 0. The topological polar surface area (TPSA) is 43.2 Å². The van der Waals surface area contributed by atoms with Gasteiger partial charge in [-0.2, -0.15) is 9.98 Å². The number of ether oxygens (including phenoxy) is 2. The predicted octanol–water partition coefficient (Wildman–Crippen LogP) is 0.368. The Hall–Kier alpha value is -0.700. The normalized spacial score (nSPS) is 8.22. The molecule has 0 radical (unpaired) electrons. The van der Waals surface area contributed by atoms with Gasteiger partial charge < -0.3 is 9.47 Å². The fourth-order valence-electron chi connectivity index (χ4n) is 0.237. The van der Waals surface area contributed by atoms with E-state index >= 15 is 0 Å². The first-order valence-electron chi connectivity index (χ1n) is 2.47. The Kier molecular flexibility index (Phi) is 6.73. The molecule has 0 aliphatic carbocycles. The van der Waals surface area contributed by atoms with Crippen molar-refractivity contribution in [1.82, 2.24) is 0 Å². The molecule has 0 rings (SSSR count). The van der Waals surface area contributed by atoms with Crippen LogP contribution in [0.3, 0.4) is 0 Å². The predicted molar refractivity (Wildman–Crippen MR) is 33.6 cm³/mol. The van der Waals surface area contributed by atoms with Gasteiger partial charge in [-0.15, -0.1) is 0 Å². The minimum Gasteiger partial charge on any atom is -0.362 e. The van der Waals surface area contributed by atoms with Crippen molar-refractivity contribution in [3.05, 3.63) is 0 Å². The minimum absolute atomic E-state index is 0.299. The maximum Gasteiger partial charge on any atom is 0.147 e. The molecule has 0 saturated heterocycles. The van der Waals surface area contributed by atoms with Crippen molar-refractivity contribution in [2.45, 2.75) is 0 Å². The fourth-order valence-corrected chi connectivity index (χ4v) is 0.237. The summed E-state index contributed by atoms with van der Waals surface area (Å²) < 4.78 is 9.18. The van der Waals surface area contributed by atoms with E-state index in [2.05, 4.69) is 25.5 Å². The van der Waals surface area contributed by atoms with Crippen LogP contribution < -0.4 is 0 Å². The molecule has 4 heteroatoms. The van der Waals surface area contributed by atoms with E-state index in [1.165, 1.54) is 0 Å². The summed E-state index contributed by atoms with van der Waals surface area (Å²) in [7, 11) is 3.11. The van der Waals surface area contributed by atoms with E-state index in [0.29, 0.717) is 13.5 Å². The van der Waals surface area contributed by atoms with Crippen molar-refractivity contribution in [3.63, 3.8) is 0 Å². The van der Waals surface area contributed by atoms with Crippen molar-refractivity contribution in [2.24, 2.45) is 9.98 Å². The van der Waals surface area contributed by atoms with Gasteiger partial charge in [-0.05, 0) is 0 Å². The lowest BCUT2D eigenvalue weighted by Gasteiger charge is -1.83. The van der Waals surface area contributed by atoms with Crippen LogP contribution in [0, 0.1) is 0 Å². The third-order valence-electron chi connectivity index (χ3n) is 0.529. The van der Waals surface area contributed by atoms with Crippen LogP contribution in [-0.4, -0.2) is 33.7 Å². The molecular weight excluding hydrogens is 120 g/mol. The Morgan fingerprint density at radius 3 is 1.89 bits per heavy atom. The van der Waals surface area contributed by atoms with Crippen molar-refractivity contribution in [1.29, 1.82) is 0 Å². The molecule has 0 aromatic carbocycles. The van der Waals surface area contributed by atoms with Crippen LogP contribution in [-0.2, 0) is 9.47 Å². The fraction of sp³-hybridized carbons (Fsp3) is 0.800. The zero-order chi connectivity index (χ0) is 6.95. The van der Waals surface area contributed by atoms with E-state index in [4.69, 9.17) is 0 Å². The zero-order valence-corrected chi connectivity index (χ0v) is 5.63. The Bertz CT molecular complexity index is 97.5. The molecule has 0 aliphatic heterocycles. The van der Waals surface area contributed by atoms with Gasteiger partial charge in [0.1, 0.15) is 13.5 Å². The van der Waals surface area contributed by atoms with Gasteiger partial charge in [0.15, 0.2) is 0 Å². The van der Waals surface area contributed by atoms with Crippen LogP contribution in [0.4, 0.5) is 0 Å². The molecule has 0 spiro atoms. The first-order chi connectivity index (χ1) is 4.41. The molecule has 0 saturated carbocycles. The lowest BCUT2D eigenvalue weighted by atomic mass is 11.2. The summed E-state index contributed by atoms with van der Waals surface area (Å²) in [6, 6.07) is 2.39. The molecule has 0 bridgehead atoms. The second-order valence-corrected chi connectivity index (χ2v) is 1.25. The summed E-state index contributed by atoms with van der Waals surface area (Å²) in [6.07, 6.45) is 0. The van der Waals surface area contributed by atoms with Crippen LogP contribution in [0.15, 0.2) is 9.98 Å². The first kappa shape index (κ1) is 8.30. The third-order valence-corrected chi connectivity index (χ3v) is 0.529. The molecule has 0 N–H and O–H groups in total. The largest absolute Gasteiger partial charge is 0.362 e. The van der Waals surface area contributed by atoms with Crippen LogP contribution in [0.5, 0.6) is 0 Å². The molecule has 52 valence electrons. The summed E-state index contributed by atoms with van der Waals surface area (Å²) in [5.41, 5.74) is 0. The highest BCUT2D eigenvalue weighted by Gasteiger charge is 1.67. The smallest absolute Gasteiger partial charge is 0.147 e. The quantitative estimate of drug-likeness (QED) is 0.516. The molecule has 0 fully saturated rings. The van der Waals surface area contributed by atoms with Crippen molar-refractivity contribution in [2.75, 3.05) is 27.7 Å². The molecule has 0 aromatic rings. The van der Waals surface area contributed by atoms with Gasteiger partial charge in [-0.25, -0.2) is 0 Å². The lowest BCUT2D eigenvalue weighted by Crippen LogP contribution is -1.82. The SMILES string of the molecule is COCN=C=NCOC. The number of aliphatic imine (C=N–C) groups is 2. The van der Waals surface area contributed by atoms with Gasteiger partial charge in [0.05, 0.1) is 6.01 Å². The molecule has 9 heavy (non-hydrogen) atoms. The second kappa shape index (κ2) is 7.30. The van der Waals surface area contributed by atoms with Crippen LogP contribution in [0.25, 0.3) is 0 Å². The first-order valence-corrected chi connectivity index (χ1v) is 2.47. The van der Waals surface area contributed by atoms with Gasteiger partial charge in [0.2, 0.25) is 0 Å². The summed E-state index contributed by atoms with van der Waals surface area (Å²) in [4.78, 5) is 7.22. The van der Waals surface area contributed by atoms with E-state index in [-0.39, 0.29) is 0 Å². The Morgan fingerprint density at radius 2 is 1.56 bits per heavy atom. The Labute approximate surface area is 54.2 Å². The maximum atomic E-state index is 4.59. The second-order valence-electron chi connectivity index (χ2n) is 1.25. The molecule has 4 nitrogen and oxygen atoms in total. The molecule has 0 heterocycles. The highest BCUT2D eigenvalue weighted by molar-refractivity contribution is 5.40. The lowest BCUT2D eigenvalue weighted by molar-refractivity contribution is 0.206. The van der Waals surface area contributed by atoms with E-state index < -0.39 is 0 Å². The summed E-state index contributed by atoms with van der Waals surface area (Å²) in [5.74, 6) is 0. The third kappa shape index (κ3) is 7.30. The highest BCUT2D eigenvalue weighted by atomic mass is 16.5. The van der Waals surface area contributed by atoms with Crippen LogP contribution in [0.1, 0.15) is 0 Å². The average molecular weight is 130 g/mol. The van der Waals surface area contributed by atoms with E-state index in [1.807, 2.05) is 0 Å². The highest BCUT2D eigenvalue weighted by Crippen LogP contribution is 1.67. The van der Waals surface area contributed by atoms with E-state index in [0.717, 1.165) is 0 Å². The van der Waals surface area contributed by atoms with Gasteiger partial charge in [0.25, 0.3) is 0 Å². The summed E-state index contributed by atoms with van der Waals surface area (Å²) in [6.45, 7) is 0.598. The van der Waals surface area contributed by atoms with Crippen molar-refractivity contribution < 1.29 is 9.47 Å². The molecule has 0 atom stereocenters. The number of hydrogen-bond donors (Lipinski definition) is 0. The van der Waals surface area contributed by atoms with E-state index in [1.54, 1.807) is 14.2 Å². The molecular formula is C5H10N2O2. The Balaban J connectivity index is 3.18. The number of rotatable bonds is 4. The van der Waals surface area contributed by atoms with Gasteiger partial charge in [0, 0.05) is 14.2 Å². The minimum atomic E-state index is 0.299.